The summed E-state index contributed by atoms with van der Waals surface area (Å²) in [5.41, 5.74) is -0.537. The number of hydrogen-bond acceptors (Lipinski definition) is 4. The van der Waals surface area contributed by atoms with E-state index in [-0.39, 0.29) is 18.1 Å². The van der Waals surface area contributed by atoms with Gasteiger partial charge in [0.25, 0.3) is 5.88 Å². The Labute approximate surface area is 137 Å². The van der Waals surface area contributed by atoms with Gasteiger partial charge in [0.15, 0.2) is 5.82 Å². The van der Waals surface area contributed by atoms with E-state index < -0.39 is 11.4 Å². The van der Waals surface area contributed by atoms with E-state index in [0.717, 1.165) is 12.8 Å². The van der Waals surface area contributed by atoms with Crippen LogP contribution in [0.25, 0.3) is 0 Å². The molecule has 1 atom stereocenters. The smallest absolute Gasteiger partial charge is 0.410 e. The third-order valence-electron chi connectivity index (χ3n) is 3.08. The molecule has 1 saturated heterocycles. The van der Waals surface area contributed by atoms with Gasteiger partial charge in [-0.2, -0.15) is 0 Å². The van der Waals surface area contributed by atoms with Gasteiger partial charge in [-0.05, 0) is 55.6 Å². The van der Waals surface area contributed by atoms with Crippen molar-refractivity contribution in [2.75, 3.05) is 13.1 Å². The van der Waals surface area contributed by atoms with Crippen LogP contribution >= 0.6 is 15.9 Å². The molecule has 0 aromatic carbocycles. The molecular formula is C15H20BrFN2O3. The summed E-state index contributed by atoms with van der Waals surface area (Å²) in [6.07, 6.45) is 2.35. The summed E-state index contributed by atoms with van der Waals surface area (Å²) in [5, 5.41) is 0. The molecular weight excluding hydrogens is 355 g/mol. The molecule has 122 valence electrons. The number of pyridine rings is 1. The number of hydrogen-bond donors (Lipinski definition) is 0. The zero-order valence-electron chi connectivity index (χ0n) is 12.9. The molecule has 5 nitrogen and oxygen atoms in total. The number of carbonyl (C=O) groups is 1. The molecule has 2 rings (SSSR count). The Bertz CT molecular complexity index is 548. The van der Waals surface area contributed by atoms with Crippen molar-refractivity contribution in [1.29, 1.82) is 0 Å². The van der Waals surface area contributed by atoms with Gasteiger partial charge in [-0.1, -0.05) is 0 Å². The first-order valence-corrected chi connectivity index (χ1v) is 7.99. The first-order chi connectivity index (χ1) is 10.2. The van der Waals surface area contributed by atoms with Gasteiger partial charge in [-0.15, -0.1) is 0 Å². The van der Waals surface area contributed by atoms with Crippen LogP contribution in [0.3, 0.4) is 0 Å². The lowest BCUT2D eigenvalue weighted by molar-refractivity contribution is 0.00676. The molecule has 1 aromatic heterocycles. The second-order valence-corrected chi connectivity index (χ2v) is 7.16. The molecule has 0 spiro atoms. The number of piperidine rings is 1. The van der Waals surface area contributed by atoms with Gasteiger partial charge in [0.05, 0.1) is 6.54 Å². The summed E-state index contributed by atoms with van der Waals surface area (Å²) < 4.78 is 25.3. The Hall–Kier alpha value is -1.37. The molecule has 0 bridgehead atoms. The monoisotopic (exact) mass is 374 g/mol. The molecule has 1 fully saturated rings. The molecule has 2 heterocycles. The predicted octanol–water partition coefficient (Wildman–Crippen LogP) is 3.76. The standard InChI is InChI=1S/C15H20BrFN2O3/c1-15(2,3)22-14(20)19-6-4-5-11(9-19)21-13-12(17)7-10(16)8-18-13/h7-8,11H,4-6,9H2,1-3H3. The molecule has 1 aromatic rings. The van der Waals surface area contributed by atoms with Crippen LogP contribution in [-0.4, -0.2) is 40.8 Å². The Balaban J connectivity index is 1.97. The molecule has 0 N–H and O–H groups in total. The minimum atomic E-state index is -0.537. The fraction of sp³-hybridized carbons (Fsp3) is 0.600. The number of amides is 1. The summed E-state index contributed by atoms with van der Waals surface area (Å²) >= 11 is 3.15. The van der Waals surface area contributed by atoms with Crippen molar-refractivity contribution < 1.29 is 18.7 Å². The lowest BCUT2D eigenvalue weighted by Gasteiger charge is -2.33. The van der Waals surface area contributed by atoms with Gasteiger partial charge in [0, 0.05) is 17.2 Å². The Kier molecular flexibility index (Phi) is 5.26. The highest BCUT2D eigenvalue weighted by atomic mass is 79.9. The molecule has 0 radical (unpaired) electrons. The van der Waals surface area contributed by atoms with Crippen LogP contribution in [0, 0.1) is 5.82 Å². The highest BCUT2D eigenvalue weighted by molar-refractivity contribution is 9.10. The average Bonchev–Trinajstić information content (AvgIpc) is 2.40. The minimum Gasteiger partial charge on any atom is -0.470 e. The number of ether oxygens (including phenoxy) is 2. The van der Waals surface area contributed by atoms with Crippen molar-refractivity contribution in [1.82, 2.24) is 9.88 Å². The van der Waals surface area contributed by atoms with Gasteiger partial charge >= 0.3 is 6.09 Å². The highest BCUT2D eigenvalue weighted by Crippen LogP contribution is 2.22. The fourth-order valence-corrected chi connectivity index (χ4v) is 2.48. The molecule has 1 amide bonds. The van der Waals surface area contributed by atoms with Crippen molar-refractivity contribution in [3.63, 3.8) is 0 Å². The van der Waals surface area contributed by atoms with Crippen molar-refractivity contribution in [2.45, 2.75) is 45.3 Å². The molecule has 0 saturated carbocycles. The summed E-state index contributed by atoms with van der Waals surface area (Å²) in [7, 11) is 0. The topological polar surface area (TPSA) is 51.7 Å². The summed E-state index contributed by atoms with van der Waals surface area (Å²) in [4.78, 5) is 17.6. The maximum atomic E-state index is 13.8. The zero-order valence-corrected chi connectivity index (χ0v) is 14.5. The van der Waals surface area contributed by atoms with Crippen LogP contribution in [0.15, 0.2) is 16.7 Å². The summed E-state index contributed by atoms with van der Waals surface area (Å²) in [5.74, 6) is -0.567. The zero-order chi connectivity index (χ0) is 16.3. The number of aromatic nitrogens is 1. The van der Waals surface area contributed by atoms with Crippen LogP contribution in [0.1, 0.15) is 33.6 Å². The van der Waals surface area contributed by atoms with Gasteiger partial charge in [0.2, 0.25) is 0 Å². The average molecular weight is 375 g/mol. The second-order valence-electron chi connectivity index (χ2n) is 6.25. The van der Waals surface area contributed by atoms with Crippen molar-refractivity contribution >= 4 is 22.0 Å². The van der Waals surface area contributed by atoms with Crippen LogP contribution in [-0.2, 0) is 4.74 Å². The van der Waals surface area contributed by atoms with E-state index in [2.05, 4.69) is 20.9 Å². The lowest BCUT2D eigenvalue weighted by atomic mass is 10.1. The van der Waals surface area contributed by atoms with Crippen molar-refractivity contribution in [3.05, 3.63) is 22.6 Å². The molecule has 1 aliphatic rings. The predicted molar refractivity (Wildman–Crippen MR) is 83.4 cm³/mol. The van der Waals surface area contributed by atoms with E-state index in [1.165, 1.54) is 12.3 Å². The second kappa shape index (κ2) is 6.81. The fourth-order valence-electron chi connectivity index (χ4n) is 2.17. The summed E-state index contributed by atoms with van der Waals surface area (Å²) in [6, 6.07) is 1.30. The Morgan fingerprint density at radius 3 is 2.86 bits per heavy atom. The lowest BCUT2D eigenvalue weighted by Crippen LogP contribution is -2.46. The van der Waals surface area contributed by atoms with Crippen LogP contribution < -0.4 is 4.74 Å². The van der Waals surface area contributed by atoms with E-state index in [9.17, 15) is 9.18 Å². The normalized spacial score (nSPS) is 19.0. The maximum absolute atomic E-state index is 13.8. The summed E-state index contributed by atoms with van der Waals surface area (Å²) in [6.45, 7) is 6.45. The number of halogens is 2. The Morgan fingerprint density at radius 1 is 1.50 bits per heavy atom. The third-order valence-corrected chi connectivity index (χ3v) is 3.52. The highest BCUT2D eigenvalue weighted by Gasteiger charge is 2.29. The number of rotatable bonds is 2. The van der Waals surface area contributed by atoms with Gasteiger partial charge < -0.3 is 14.4 Å². The van der Waals surface area contributed by atoms with E-state index in [1.54, 1.807) is 4.90 Å². The molecule has 22 heavy (non-hydrogen) atoms. The van der Waals surface area contributed by atoms with E-state index in [1.807, 2.05) is 20.8 Å². The van der Waals surface area contributed by atoms with Crippen molar-refractivity contribution in [2.24, 2.45) is 0 Å². The van der Waals surface area contributed by atoms with Crippen LogP contribution in [0.5, 0.6) is 5.88 Å². The maximum Gasteiger partial charge on any atom is 0.410 e. The number of nitrogens with zero attached hydrogens (tertiary/aromatic N) is 2. The molecule has 1 aliphatic heterocycles. The van der Waals surface area contributed by atoms with Crippen LogP contribution in [0.4, 0.5) is 9.18 Å². The van der Waals surface area contributed by atoms with E-state index >= 15 is 0 Å². The SMILES string of the molecule is CC(C)(C)OC(=O)N1CCCC(Oc2ncc(Br)cc2F)C1. The quantitative estimate of drug-likeness (QED) is 0.790. The molecule has 0 aliphatic carbocycles. The van der Waals surface area contributed by atoms with E-state index in [0.29, 0.717) is 17.6 Å². The first kappa shape index (κ1) is 17.0. The largest absolute Gasteiger partial charge is 0.470 e. The Morgan fingerprint density at radius 2 is 2.23 bits per heavy atom. The van der Waals surface area contributed by atoms with Crippen LogP contribution in [0.2, 0.25) is 0 Å². The molecule has 1 unspecified atom stereocenters. The molecule has 7 heteroatoms. The van der Waals surface area contributed by atoms with Gasteiger partial charge in [-0.25, -0.2) is 14.2 Å². The van der Waals surface area contributed by atoms with E-state index in [4.69, 9.17) is 9.47 Å². The number of carbonyl (C=O) groups excluding carboxylic acids is 1. The first-order valence-electron chi connectivity index (χ1n) is 7.20. The number of likely N-dealkylation sites (tertiary alicyclic amines) is 1. The third kappa shape index (κ3) is 4.83. The van der Waals surface area contributed by atoms with Gasteiger partial charge in [-0.3, -0.25) is 0 Å². The van der Waals surface area contributed by atoms with Gasteiger partial charge in [0.1, 0.15) is 11.7 Å². The van der Waals surface area contributed by atoms with Crippen molar-refractivity contribution in [3.8, 4) is 5.88 Å². The minimum absolute atomic E-state index is 0.0424.